The summed E-state index contributed by atoms with van der Waals surface area (Å²) in [6.07, 6.45) is 0.543. The summed E-state index contributed by atoms with van der Waals surface area (Å²) >= 11 is 0. The second-order valence-electron chi connectivity index (χ2n) is 4.00. The fourth-order valence-electron chi connectivity index (χ4n) is 1.76. The number of allylic oxidation sites excluding steroid dienone is 1. The maximum absolute atomic E-state index is 11.9. The van der Waals surface area contributed by atoms with Gasteiger partial charge in [0.15, 0.2) is 19.7 Å². The molecule has 0 saturated heterocycles. The minimum atomic E-state index is -3.80. The number of likely N-dealkylation sites (N-methyl/N-ethyl adjacent to an activating group) is 1. The number of hydrogen-bond donors (Lipinski definition) is 1. The van der Waals surface area contributed by atoms with Crippen LogP contribution in [0.3, 0.4) is 0 Å². The van der Waals surface area contributed by atoms with Gasteiger partial charge in [0.2, 0.25) is 0 Å². The lowest BCUT2D eigenvalue weighted by Gasteiger charge is -2.19. The van der Waals surface area contributed by atoms with E-state index in [9.17, 15) is 21.6 Å². The average Bonchev–Trinajstić information content (AvgIpc) is 2.25. The monoisotopic (exact) mass is 295 g/mol. The molecule has 0 aromatic carbocycles. The molecule has 0 bridgehead atoms. The van der Waals surface area contributed by atoms with E-state index in [4.69, 9.17) is 0 Å². The van der Waals surface area contributed by atoms with Crippen molar-refractivity contribution in [2.75, 3.05) is 18.1 Å². The minimum absolute atomic E-state index is 0.0774. The van der Waals surface area contributed by atoms with E-state index >= 15 is 0 Å². The molecule has 0 atom stereocenters. The Bertz CT molecular complexity index is 571. The van der Waals surface area contributed by atoms with Gasteiger partial charge in [-0.3, -0.25) is 4.79 Å². The van der Waals surface area contributed by atoms with Crippen molar-refractivity contribution in [1.82, 2.24) is 5.32 Å². The number of carbonyl (C=O) groups is 1. The molecule has 0 radical (unpaired) electrons. The molecule has 0 unspecified atom stereocenters. The van der Waals surface area contributed by atoms with Crippen molar-refractivity contribution in [3.05, 3.63) is 9.81 Å². The number of nitrogens with one attached hydrogen (secondary N) is 1. The molecule has 0 spiro atoms. The van der Waals surface area contributed by atoms with Crippen LogP contribution in [0.2, 0.25) is 0 Å². The molecule has 1 aliphatic heterocycles. The van der Waals surface area contributed by atoms with E-state index in [0.29, 0.717) is 6.42 Å². The molecule has 6 nitrogen and oxygen atoms in total. The number of amides is 1. The molecule has 1 heterocycles. The molecule has 104 valence electrons. The summed E-state index contributed by atoms with van der Waals surface area (Å²) in [5.41, 5.74) is 0. The Balaban J connectivity index is 3.50. The van der Waals surface area contributed by atoms with Crippen molar-refractivity contribution in [2.45, 2.75) is 26.7 Å². The Kier molecular flexibility index (Phi) is 4.55. The van der Waals surface area contributed by atoms with Crippen LogP contribution in [0, 0.1) is 0 Å². The molecule has 0 fully saturated rings. The molecule has 0 aliphatic carbocycles. The van der Waals surface area contributed by atoms with E-state index in [1.807, 2.05) is 0 Å². The third-order valence-corrected chi connectivity index (χ3v) is 6.66. The first-order valence-electron chi connectivity index (χ1n) is 5.73. The third kappa shape index (κ3) is 2.92. The summed E-state index contributed by atoms with van der Waals surface area (Å²) in [6, 6.07) is 0. The first-order valence-corrected chi connectivity index (χ1v) is 9.03. The first kappa shape index (κ1) is 15.2. The van der Waals surface area contributed by atoms with E-state index in [1.165, 1.54) is 0 Å². The molecule has 0 aromatic heterocycles. The van der Waals surface area contributed by atoms with Crippen LogP contribution in [0.25, 0.3) is 0 Å². The number of carbonyl (C=O) groups excluding carboxylic acids is 1. The molecule has 0 saturated carbocycles. The quantitative estimate of drug-likeness (QED) is 0.786. The van der Waals surface area contributed by atoms with E-state index < -0.39 is 42.0 Å². The zero-order valence-electron chi connectivity index (χ0n) is 10.4. The summed E-state index contributed by atoms with van der Waals surface area (Å²) in [5.74, 6) is -1.77. The highest BCUT2D eigenvalue weighted by Crippen LogP contribution is 2.28. The fraction of sp³-hybridized carbons (Fsp3) is 0.700. The Hall–Kier alpha value is -0.890. The lowest BCUT2D eigenvalue weighted by atomic mass is 10.3. The maximum Gasteiger partial charge on any atom is 0.263 e. The second kappa shape index (κ2) is 5.40. The molecule has 1 rings (SSSR count). The van der Waals surface area contributed by atoms with E-state index in [1.54, 1.807) is 13.8 Å². The van der Waals surface area contributed by atoms with Crippen molar-refractivity contribution < 1.29 is 21.6 Å². The van der Waals surface area contributed by atoms with Crippen LogP contribution >= 0.6 is 0 Å². The zero-order chi connectivity index (χ0) is 14.0. The Morgan fingerprint density at radius 1 is 1.11 bits per heavy atom. The van der Waals surface area contributed by atoms with Gasteiger partial charge in [-0.05, 0) is 13.3 Å². The predicted molar refractivity (Wildman–Crippen MR) is 68.2 cm³/mol. The minimum Gasteiger partial charge on any atom is -0.352 e. The topological polar surface area (TPSA) is 97.4 Å². The van der Waals surface area contributed by atoms with E-state index in [2.05, 4.69) is 5.32 Å². The van der Waals surface area contributed by atoms with Gasteiger partial charge >= 0.3 is 0 Å². The van der Waals surface area contributed by atoms with Gasteiger partial charge in [-0.25, -0.2) is 16.8 Å². The summed E-state index contributed by atoms with van der Waals surface area (Å²) < 4.78 is 47.5. The highest BCUT2D eigenvalue weighted by molar-refractivity contribution is 8.02. The van der Waals surface area contributed by atoms with Crippen molar-refractivity contribution in [1.29, 1.82) is 0 Å². The van der Waals surface area contributed by atoms with Gasteiger partial charge in [0.1, 0.15) is 4.91 Å². The average molecular weight is 295 g/mol. The van der Waals surface area contributed by atoms with E-state index in [0.717, 1.165) is 0 Å². The molecular weight excluding hydrogens is 278 g/mol. The summed E-state index contributed by atoms with van der Waals surface area (Å²) in [5, 5.41) is 2.36. The van der Waals surface area contributed by atoms with Crippen molar-refractivity contribution >= 4 is 25.6 Å². The molecule has 1 aliphatic rings. The van der Waals surface area contributed by atoms with Crippen LogP contribution in [-0.2, 0) is 24.5 Å². The maximum atomic E-state index is 11.9. The van der Waals surface area contributed by atoms with Gasteiger partial charge in [-0.15, -0.1) is 0 Å². The molecule has 0 aromatic rings. The highest BCUT2D eigenvalue weighted by atomic mass is 32.2. The van der Waals surface area contributed by atoms with Crippen LogP contribution in [0.4, 0.5) is 0 Å². The SMILES string of the molecule is CCCC1=C(C(=O)NCC)S(=O)(=O)CCS1(=O)=O. The lowest BCUT2D eigenvalue weighted by Crippen LogP contribution is -2.36. The van der Waals surface area contributed by atoms with Gasteiger partial charge in [0, 0.05) is 6.54 Å². The largest absolute Gasteiger partial charge is 0.352 e. The summed E-state index contributed by atoms with van der Waals surface area (Å²) in [6.45, 7) is 3.62. The van der Waals surface area contributed by atoms with Crippen LogP contribution in [-0.4, -0.2) is 40.8 Å². The highest BCUT2D eigenvalue weighted by Gasteiger charge is 2.39. The van der Waals surface area contributed by atoms with Crippen LogP contribution in [0.5, 0.6) is 0 Å². The van der Waals surface area contributed by atoms with Gasteiger partial charge in [-0.1, -0.05) is 13.3 Å². The van der Waals surface area contributed by atoms with Gasteiger partial charge in [0.25, 0.3) is 5.91 Å². The van der Waals surface area contributed by atoms with Crippen molar-refractivity contribution in [2.24, 2.45) is 0 Å². The van der Waals surface area contributed by atoms with Gasteiger partial charge in [0.05, 0.1) is 16.4 Å². The number of hydrogen-bond acceptors (Lipinski definition) is 5. The summed E-state index contributed by atoms with van der Waals surface area (Å²) in [4.78, 5) is 11.0. The van der Waals surface area contributed by atoms with Crippen LogP contribution < -0.4 is 5.32 Å². The molecule has 1 N–H and O–H groups in total. The van der Waals surface area contributed by atoms with Crippen LogP contribution in [0.1, 0.15) is 26.7 Å². The summed E-state index contributed by atoms with van der Waals surface area (Å²) in [7, 11) is -7.43. The predicted octanol–water partition coefficient (Wildman–Crippen LogP) is -0.0226. The zero-order valence-corrected chi connectivity index (χ0v) is 12.0. The molecule has 18 heavy (non-hydrogen) atoms. The number of sulfone groups is 2. The standard InChI is InChI=1S/C10H17NO5S2/c1-3-5-8-9(10(12)11-4-2)18(15,16)7-6-17(8,13)14/h3-7H2,1-2H3,(H,11,12). The second-order valence-corrected chi connectivity index (χ2v) is 8.18. The van der Waals surface area contributed by atoms with Gasteiger partial charge < -0.3 is 5.32 Å². The van der Waals surface area contributed by atoms with Gasteiger partial charge in [-0.2, -0.15) is 0 Å². The van der Waals surface area contributed by atoms with E-state index in [-0.39, 0.29) is 17.9 Å². The number of rotatable bonds is 4. The Labute approximate surface area is 107 Å². The molecular formula is C10H17NO5S2. The first-order chi connectivity index (χ1) is 8.26. The van der Waals surface area contributed by atoms with Crippen molar-refractivity contribution in [3.63, 3.8) is 0 Å². The normalized spacial score (nSPS) is 21.7. The van der Waals surface area contributed by atoms with Crippen LogP contribution in [0.15, 0.2) is 9.81 Å². The Morgan fingerprint density at radius 2 is 1.67 bits per heavy atom. The third-order valence-electron chi connectivity index (χ3n) is 2.58. The Morgan fingerprint density at radius 3 is 2.17 bits per heavy atom. The smallest absolute Gasteiger partial charge is 0.263 e. The fourth-order valence-corrected chi connectivity index (χ4v) is 6.43. The van der Waals surface area contributed by atoms with Crippen molar-refractivity contribution in [3.8, 4) is 0 Å². The molecule has 1 amide bonds. The lowest BCUT2D eigenvalue weighted by molar-refractivity contribution is -0.116. The molecule has 8 heteroatoms.